The normalized spacial score (nSPS) is 13.9. The molecule has 108 valence electrons. The number of benzene rings is 1. The fraction of sp³-hybridized carbons (Fsp3) is 0.467. The molecule has 0 spiro atoms. The second-order valence-electron chi connectivity index (χ2n) is 5.34. The van der Waals surface area contributed by atoms with Crippen molar-refractivity contribution in [3.05, 3.63) is 28.8 Å². The third-order valence-corrected chi connectivity index (χ3v) is 3.61. The van der Waals surface area contributed by atoms with Crippen molar-refractivity contribution in [2.45, 2.75) is 26.7 Å². The van der Waals surface area contributed by atoms with E-state index in [9.17, 15) is 4.79 Å². The Morgan fingerprint density at radius 2 is 2.00 bits per heavy atom. The maximum atomic E-state index is 11.7. The van der Waals surface area contributed by atoms with Crippen LogP contribution in [0.4, 0.5) is 0 Å². The van der Waals surface area contributed by atoms with E-state index in [1.54, 1.807) is 0 Å². The molecule has 4 nitrogen and oxygen atoms in total. The quantitative estimate of drug-likeness (QED) is 0.785. The number of hydrogen-bond donors (Lipinski definition) is 2. The molecule has 0 heterocycles. The standard InChI is InChI=1S/C15H20N2O2S/c1-9-5-12(15(16)20)6-10(2)14(9)19-8-13(18)17-7-11-3-4-11/h5-6,11H,3-4,7-8H2,1-2H3,(H2,16,20)(H,17,18). The van der Waals surface area contributed by atoms with Crippen LogP contribution in [0.1, 0.15) is 29.5 Å². The molecular formula is C15H20N2O2S. The van der Waals surface area contributed by atoms with Crippen LogP contribution in [0.25, 0.3) is 0 Å². The molecule has 1 aliphatic rings. The van der Waals surface area contributed by atoms with E-state index in [1.807, 2.05) is 26.0 Å². The summed E-state index contributed by atoms with van der Waals surface area (Å²) in [4.78, 5) is 12.0. The van der Waals surface area contributed by atoms with Gasteiger partial charge in [0.2, 0.25) is 0 Å². The first-order valence-corrected chi connectivity index (χ1v) is 7.18. The maximum absolute atomic E-state index is 11.7. The van der Waals surface area contributed by atoms with Crippen molar-refractivity contribution >= 4 is 23.1 Å². The maximum Gasteiger partial charge on any atom is 0.257 e. The van der Waals surface area contributed by atoms with Gasteiger partial charge in [-0.3, -0.25) is 4.79 Å². The first-order valence-electron chi connectivity index (χ1n) is 6.78. The molecule has 0 saturated heterocycles. The molecule has 0 unspecified atom stereocenters. The van der Waals surface area contributed by atoms with Crippen molar-refractivity contribution in [1.82, 2.24) is 5.32 Å². The van der Waals surface area contributed by atoms with E-state index >= 15 is 0 Å². The van der Waals surface area contributed by atoms with E-state index in [-0.39, 0.29) is 12.5 Å². The van der Waals surface area contributed by atoms with Crippen LogP contribution in [0.15, 0.2) is 12.1 Å². The van der Waals surface area contributed by atoms with Crippen molar-refractivity contribution in [1.29, 1.82) is 0 Å². The Hall–Kier alpha value is -1.62. The summed E-state index contributed by atoms with van der Waals surface area (Å²) in [7, 11) is 0. The van der Waals surface area contributed by atoms with E-state index in [1.165, 1.54) is 12.8 Å². The molecule has 0 aliphatic heterocycles. The highest BCUT2D eigenvalue weighted by molar-refractivity contribution is 7.80. The van der Waals surface area contributed by atoms with Gasteiger partial charge in [-0.25, -0.2) is 0 Å². The summed E-state index contributed by atoms with van der Waals surface area (Å²) in [5.74, 6) is 1.33. The number of rotatable bonds is 6. The topological polar surface area (TPSA) is 64.3 Å². The van der Waals surface area contributed by atoms with Crippen molar-refractivity contribution in [3.63, 3.8) is 0 Å². The predicted molar refractivity (Wildman–Crippen MR) is 83.0 cm³/mol. The van der Waals surface area contributed by atoms with Gasteiger partial charge in [0.25, 0.3) is 5.91 Å². The first kappa shape index (κ1) is 14.8. The smallest absolute Gasteiger partial charge is 0.257 e. The van der Waals surface area contributed by atoms with E-state index < -0.39 is 0 Å². The molecule has 0 atom stereocenters. The molecule has 1 saturated carbocycles. The van der Waals surface area contributed by atoms with Gasteiger partial charge in [-0.2, -0.15) is 0 Å². The van der Waals surface area contributed by atoms with E-state index in [0.717, 1.165) is 29.0 Å². The van der Waals surface area contributed by atoms with Crippen LogP contribution in [0.2, 0.25) is 0 Å². The Balaban J connectivity index is 1.94. The monoisotopic (exact) mass is 292 g/mol. The minimum Gasteiger partial charge on any atom is -0.483 e. The van der Waals surface area contributed by atoms with E-state index in [0.29, 0.717) is 10.9 Å². The zero-order valence-electron chi connectivity index (χ0n) is 11.9. The molecule has 20 heavy (non-hydrogen) atoms. The van der Waals surface area contributed by atoms with Gasteiger partial charge in [0.1, 0.15) is 10.7 Å². The van der Waals surface area contributed by atoms with Gasteiger partial charge in [0.05, 0.1) is 0 Å². The van der Waals surface area contributed by atoms with Crippen LogP contribution in [-0.4, -0.2) is 24.0 Å². The molecule has 2 rings (SSSR count). The summed E-state index contributed by atoms with van der Waals surface area (Å²) in [5.41, 5.74) is 8.31. The molecule has 5 heteroatoms. The number of nitrogens with one attached hydrogen (secondary N) is 1. The van der Waals surface area contributed by atoms with Gasteiger partial charge in [-0.1, -0.05) is 12.2 Å². The van der Waals surface area contributed by atoms with Crippen LogP contribution >= 0.6 is 12.2 Å². The first-order chi connectivity index (χ1) is 9.47. The summed E-state index contributed by atoms with van der Waals surface area (Å²) < 4.78 is 5.62. The average Bonchev–Trinajstić information content (AvgIpc) is 3.19. The Labute approximate surface area is 124 Å². The number of nitrogens with two attached hydrogens (primary N) is 1. The Bertz CT molecular complexity index is 516. The zero-order valence-corrected chi connectivity index (χ0v) is 12.7. The van der Waals surface area contributed by atoms with Crippen LogP contribution in [0.5, 0.6) is 5.75 Å². The number of amides is 1. The molecule has 0 aromatic heterocycles. The molecule has 1 aromatic carbocycles. The minimum absolute atomic E-state index is 0.0425. The predicted octanol–water partition coefficient (Wildman–Crippen LogP) is 1.84. The van der Waals surface area contributed by atoms with Gasteiger partial charge >= 0.3 is 0 Å². The fourth-order valence-corrected chi connectivity index (χ4v) is 2.21. The van der Waals surface area contributed by atoms with Crippen molar-refractivity contribution < 1.29 is 9.53 Å². The van der Waals surface area contributed by atoms with Gasteiger partial charge in [0.15, 0.2) is 6.61 Å². The molecule has 0 bridgehead atoms. The largest absolute Gasteiger partial charge is 0.483 e. The second kappa shape index (κ2) is 6.22. The number of thiocarbonyl (C=S) groups is 1. The Kier molecular flexibility index (Phi) is 4.60. The van der Waals surface area contributed by atoms with Crippen molar-refractivity contribution in [2.24, 2.45) is 11.7 Å². The summed E-state index contributed by atoms with van der Waals surface area (Å²) in [6, 6.07) is 3.76. The number of aryl methyl sites for hydroxylation is 2. The number of carbonyl (C=O) groups is 1. The molecule has 1 aromatic rings. The Morgan fingerprint density at radius 1 is 1.40 bits per heavy atom. The van der Waals surface area contributed by atoms with Gasteiger partial charge < -0.3 is 15.8 Å². The zero-order chi connectivity index (χ0) is 14.7. The summed E-state index contributed by atoms with van der Waals surface area (Å²) in [5, 5.41) is 2.88. The number of hydrogen-bond acceptors (Lipinski definition) is 3. The molecular weight excluding hydrogens is 272 g/mol. The SMILES string of the molecule is Cc1cc(C(N)=S)cc(C)c1OCC(=O)NCC1CC1. The lowest BCUT2D eigenvalue weighted by atomic mass is 10.1. The molecule has 1 amide bonds. The summed E-state index contributed by atoms with van der Waals surface area (Å²) in [6.45, 7) is 4.65. The lowest BCUT2D eigenvalue weighted by molar-refractivity contribution is -0.123. The van der Waals surface area contributed by atoms with E-state index in [4.69, 9.17) is 22.7 Å². The van der Waals surface area contributed by atoms with Crippen LogP contribution in [-0.2, 0) is 4.79 Å². The summed E-state index contributed by atoms with van der Waals surface area (Å²) in [6.07, 6.45) is 2.44. The fourth-order valence-electron chi connectivity index (χ4n) is 2.09. The third-order valence-electron chi connectivity index (χ3n) is 3.38. The molecule has 1 aliphatic carbocycles. The highest BCUT2D eigenvalue weighted by Gasteiger charge is 2.21. The molecule has 0 radical (unpaired) electrons. The highest BCUT2D eigenvalue weighted by atomic mass is 32.1. The van der Waals surface area contributed by atoms with Crippen molar-refractivity contribution in [3.8, 4) is 5.75 Å². The molecule has 3 N–H and O–H groups in total. The summed E-state index contributed by atoms with van der Waals surface area (Å²) >= 11 is 4.97. The second-order valence-corrected chi connectivity index (χ2v) is 5.78. The van der Waals surface area contributed by atoms with E-state index in [2.05, 4.69) is 5.32 Å². The van der Waals surface area contributed by atoms with Gasteiger partial charge in [-0.15, -0.1) is 0 Å². The lowest BCUT2D eigenvalue weighted by Gasteiger charge is -2.13. The van der Waals surface area contributed by atoms with Crippen LogP contribution in [0, 0.1) is 19.8 Å². The molecule has 1 fully saturated rings. The number of ether oxygens (including phenoxy) is 1. The van der Waals surface area contributed by atoms with Crippen molar-refractivity contribution in [2.75, 3.05) is 13.2 Å². The minimum atomic E-state index is -0.0749. The highest BCUT2D eigenvalue weighted by Crippen LogP contribution is 2.27. The average molecular weight is 292 g/mol. The van der Waals surface area contributed by atoms with Gasteiger partial charge in [-0.05, 0) is 55.9 Å². The van der Waals surface area contributed by atoms with Gasteiger partial charge in [0, 0.05) is 12.1 Å². The number of carbonyl (C=O) groups excluding carboxylic acids is 1. The third kappa shape index (κ3) is 3.93. The Morgan fingerprint density at radius 3 is 2.50 bits per heavy atom. The van der Waals surface area contributed by atoms with Crippen LogP contribution in [0.3, 0.4) is 0 Å². The van der Waals surface area contributed by atoms with Crippen LogP contribution < -0.4 is 15.8 Å². The lowest BCUT2D eigenvalue weighted by Crippen LogP contribution is -2.30.